The van der Waals surface area contributed by atoms with E-state index in [1.165, 1.54) is 0 Å². The molecule has 15 heavy (non-hydrogen) atoms. The number of amides is 1. The average Bonchev–Trinajstić information content (AvgIpc) is 2.17. The van der Waals surface area contributed by atoms with Crippen LogP contribution in [0.4, 0.5) is 0 Å². The molecule has 0 aromatic rings. The highest BCUT2D eigenvalue weighted by molar-refractivity contribution is 7.85. The predicted molar refractivity (Wildman–Crippen MR) is 58.9 cm³/mol. The summed E-state index contributed by atoms with van der Waals surface area (Å²) in [6, 6.07) is 0. The summed E-state index contributed by atoms with van der Waals surface area (Å²) in [4.78, 5) is 11.1. The lowest BCUT2D eigenvalue weighted by Crippen LogP contribution is -2.32. The molecule has 2 unspecified atom stereocenters. The fourth-order valence-corrected chi connectivity index (χ4v) is 1.97. The molecule has 0 aliphatic carbocycles. The standard InChI is InChI=1S/C9H19NO4S/c1-2-3-4-10-9(13)7-15(14)6-8(12)5-11/h8,11-12H,2-7H2,1H3,(H,10,13). The molecule has 0 fully saturated rings. The van der Waals surface area contributed by atoms with E-state index in [1.807, 2.05) is 6.92 Å². The third-order valence-electron chi connectivity index (χ3n) is 1.73. The summed E-state index contributed by atoms with van der Waals surface area (Å²) in [6.07, 6.45) is 0.888. The van der Waals surface area contributed by atoms with Crippen molar-refractivity contribution in [3.8, 4) is 0 Å². The second-order valence-corrected chi connectivity index (χ2v) is 4.79. The molecule has 6 heteroatoms. The van der Waals surface area contributed by atoms with Crippen molar-refractivity contribution in [1.82, 2.24) is 5.32 Å². The summed E-state index contributed by atoms with van der Waals surface area (Å²) in [5.41, 5.74) is 0. The van der Waals surface area contributed by atoms with Crippen molar-refractivity contribution in [3.63, 3.8) is 0 Å². The molecule has 0 aromatic carbocycles. The number of hydrogen-bond acceptors (Lipinski definition) is 4. The number of rotatable bonds is 8. The van der Waals surface area contributed by atoms with Crippen LogP contribution in [0.15, 0.2) is 0 Å². The molecule has 0 bridgehead atoms. The molecule has 0 radical (unpaired) electrons. The Hall–Kier alpha value is -0.460. The number of hydrogen-bond donors (Lipinski definition) is 3. The van der Waals surface area contributed by atoms with Crippen LogP contribution in [0.5, 0.6) is 0 Å². The SMILES string of the molecule is CCCCNC(=O)CS(=O)CC(O)CO. The summed E-state index contributed by atoms with van der Waals surface area (Å²) >= 11 is 0. The van der Waals surface area contributed by atoms with E-state index in [0.29, 0.717) is 6.54 Å². The molecule has 0 saturated heterocycles. The van der Waals surface area contributed by atoms with Gasteiger partial charge in [0, 0.05) is 17.3 Å². The molecule has 2 atom stereocenters. The highest BCUT2D eigenvalue weighted by Gasteiger charge is 2.11. The van der Waals surface area contributed by atoms with Gasteiger partial charge < -0.3 is 15.5 Å². The van der Waals surface area contributed by atoms with Crippen molar-refractivity contribution in [2.24, 2.45) is 0 Å². The molecule has 0 aliphatic rings. The maximum absolute atomic E-state index is 11.2. The van der Waals surface area contributed by atoms with Gasteiger partial charge in [0.15, 0.2) is 0 Å². The van der Waals surface area contributed by atoms with Gasteiger partial charge in [-0.2, -0.15) is 0 Å². The Labute approximate surface area is 92.3 Å². The molecule has 0 aliphatic heterocycles. The Morgan fingerprint density at radius 1 is 1.53 bits per heavy atom. The number of aliphatic hydroxyl groups is 2. The lowest BCUT2D eigenvalue weighted by Gasteiger charge is -2.07. The van der Waals surface area contributed by atoms with Gasteiger partial charge in [0.25, 0.3) is 0 Å². The summed E-state index contributed by atoms with van der Waals surface area (Å²) in [5, 5.41) is 20.1. The quantitative estimate of drug-likeness (QED) is 0.473. The van der Waals surface area contributed by atoms with Crippen molar-refractivity contribution in [3.05, 3.63) is 0 Å². The summed E-state index contributed by atoms with van der Waals surface area (Å²) < 4.78 is 11.2. The van der Waals surface area contributed by atoms with Crippen LogP contribution < -0.4 is 5.32 Å². The Bertz CT molecular complexity index is 210. The van der Waals surface area contributed by atoms with E-state index < -0.39 is 23.5 Å². The zero-order chi connectivity index (χ0) is 11.7. The number of aliphatic hydroxyl groups excluding tert-OH is 2. The monoisotopic (exact) mass is 237 g/mol. The molecular formula is C9H19NO4S. The average molecular weight is 237 g/mol. The van der Waals surface area contributed by atoms with Crippen LogP contribution in [0.1, 0.15) is 19.8 Å². The molecular weight excluding hydrogens is 218 g/mol. The minimum atomic E-state index is -1.41. The lowest BCUT2D eigenvalue weighted by atomic mass is 10.3. The van der Waals surface area contributed by atoms with Crippen molar-refractivity contribution in [2.75, 3.05) is 24.7 Å². The number of nitrogens with one attached hydrogen (secondary N) is 1. The first-order chi connectivity index (χ1) is 7.10. The molecule has 1 amide bonds. The number of carbonyl (C=O) groups is 1. The van der Waals surface area contributed by atoms with E-state index in [4.69, 9.17) is 10.2 Å². The van der Waals surface area contributed by atoms with Gasteiger partial charge in [0.1, 0.15) is 5.75 Å². The molecule has 0 heterocycles. The molecule has 0 saturated carbocycles. The van der Waals surface area contributed by atoms with Gasteiger partial charge >= 0.3 is 0 Å². The summed E-state index contributed by atoms with van der Waals surface area (Å²) in [7, 11) is -1.41. The van der Waals surface area contributed by atoms with Crippen LogP contribution >= 0.6 is 0 Å². The van der Waals surface area contributed by atoms with Gasteiger partial charge in [-0.3, -0.25) is 9.00 Å². The first kappa shape index (κ1) is 14.5. The third-order valence-corrected chi connectivity index (χ3v) is 3.07. The number of carbonyl (C=O) groups excluding carboxylic acids is 1. The van der Waals surface area contributed by atoms with E-state index in [-0.39, 0.29) is 17.4 Å². The van der Waals surface area contributed by atoms with Gasteiger partial charge in [0.05, 0.1) is 18.5 Å². The largest absolute Gasteiger partial charge is 0.394 e. The zero-order valence-electron chi connectivity index (χ0n) is 8.94. The Morgan fingerprint density at radius 3 is 2.73 bits per heavy atom. The maximum Gasteiger partial charge on any atom is 0.232 e. The van der Waals surface area contributed by atoms with E-state index >= 15 is 0 Å². The number of unbranched alkanes of at least 4 members (excludes halogenated alkanes) is 1. The molecule has 3 N–H and O–H groups in total. The second-order valence-electron chi connectivity index (χ2n) is 3.29. The van der Waals surface area contributed by atoms with Gasteiger partial charge in [-0.25, -0.2) is 0 Å². The fourth-order valence-electron chi connectivity index (χ4n) is 0.928. The van der Waals surface area contributed by atoms with Crippen molar-refractivity contribution in [2.45, 2.75) is 25.9 Å². The van der Waals surface area contributed by atoms with Crippen molar-refractivity contribution >= 4 is 16.7 Å². The summed E-state index contributed by atoms with van der Waals surface area (Å²) in [6.45, 7) is 2.18. The minimum Gasteiger partial charge on any atom is -0.394 e. The topological polar surface area (TPSA) is 86.6 Å². The van der Waals surface area contributed by atoms with E-state index in [2.05, 4.69) is 5.32 Å². The van der Waals surface area contributed by atoms with Crippen LogP contribution in [-0.4, -0.2) is 51.1 Å². The minimum absolute atomic E-state index is 0.0578. The van der Waals surface area contributed by atoms with Gasteiger partial charge in [-0.1, -0.05) is 13.3 Å². The first-order valence-electron chi connectivity index (χ1n) is 5.00. The first-order valence-corrected chi connectivity index (χ1v) is 6.49. The van der Waals surface area contributed by atoms with Crippen LogP contribution in [0.3, 0.4) is 0 Å². The normalized spacial score (nSPS) is 14.6. The Balaban J connectivity index is 3.62. The van der Waals surface area contributed by atoms with Crippen molar-refractivity contribution in [1.29, 1.82) is 0 Å². The van der Waals surface area contributed by atoms with Crippen LogP contribution in [0.2, 0.25) is 0 Å². The van der Waals surface area contributed by atoms with Crippen LogP contribution in [0, 0.1) is 0 Å². The Morgan fingerprint density at radius 2 is 2.20 bits per heavy atom. The van der Waals surface area contributed by atoms with Crippen LogP contribution in [-0.2, 0) is 15.6 Å². The van der Waals surface area contributed by atoms with Crippen LogP contribution in [0.25, 0.3) is 0 Å². The van der Waals surface area contributed by atoms with Gasteiger partial charge in [-0.05, 0) is 6.42 Å². The lowest BCUT2D eigenvalue weighted by molar-refractivity contribution is -0.118. The summed E-state index contributed by atoms with van der Waals surface area (Å²) in [5.74, 6) is -0.440. The molecule has 0 rings (SSSR count). The smallest absolute Gasteiger partial charge is 0.232 e. The highest BCUT2D eigenvalue weighted by atomic mass is 32.2. The van der Waals surface area contributed by atoms with E-state index in [1.54, 1.807) is 0 Å². The predicted octanol–water partition coefficient (Wildman–Crippen LogP) is -0.995. The highest BCUT2D eigenvalue weighted by Crippen LogP contribution is 1.90. The Kier molecular flexibility index (Phi) is 8.55. The molecule has 0 aromatic heterocycles. The van der Waals surface area contributed by atoms with E-state index in [0.717, 1.165) is 12.8 Å². The van der Waals surface area contributed by atoms with Crippen molar-refractivity contribution < 1.29 is 19.2 Å². The fraction of sp³-hybridized carbons (Fsp3) is 0.889. The third kappa shape index (κ3) is 8.53. The maximum atomic E-state index is 11.2. The molecule has 90 valence electrons. The molecule has 5 nitrogen and oxygen atoms in total. The van der Waals surface area contributed by atoms with Gasteiger partial charge in [-0.15, -0.1) is 0 Å². The zero-order valence-corrected chi connectivity index (χ0v) is 9.76. The van der Waals surface area contributed by atoms with E-state index in [9.17, 15) is 9.00 Å². The molecule has 0 spiro atoms. The van der Waals surface area contributed by atoms with Gasteiger partial charge in [0.2, 0.25) is 5.91 Å². The second kappa shape index (κ2) is 8.82.